The van der Waals surface area contributed by atoms with Crippen LogP contribution < -0.4 is 15.9 Å². The minimum atomic E-state index is -0.776. The molecule has 1 N–H and O–H groups in total. The maximum Gasteiger partial charge on any atom is 0.294 e. The van der Waals surface area contributed by atoms with E-state index in [9.17, 15) is 18.4 Å². The molecular weight excluding hydrogens is 406 g/mol. The highest BCUT2D eigenvalue weighted by atomic mass is 19.1. The van der Waals surface area contributed by atoms with E-state index in [4.69, 9.17) is 4.74 Å². The first-order chi connectivity index (χ1) is 14.8. The van der Waals surface area contributed by atoms with E-state index < -0.39 is 23.1 Å². The average Bonchev–Trinajstić information content (AvgIpc) is 2.68. The molecular formula is C22H22F2N4O3. The Morgan fingerprint density at radius 1 is 1.10 bits per heavy atom. The number of anilines is 1. The third-order valence-corrected chi connectivity index (χ3v) is 5.02. The number of amides is 1. The molecule has 2 aromatic carbocycles. The topological polar surface area (TPSA) is 76.5 Å². The summed E-state index contributed by atoms with van der Waals surface area (Å²) in [6.07, 6.45) is -0.361. The summed E-state index contributed by atoms with van der Waals surface area (Å²) in [6.45, 7) is 5.08. The number of aromatic nitrogens is 2. The Kier molecular flexibility index (Phi) is 5.69. The van der Waals surface area contributed by atoms with Gasteiger partial charge in [-0.2, -0.15) is 0 Å². The van der Waals surface area contributed by atoms with Crippen LogP contribution in [0, 0.1) is 11.6 Å². The molecule has 0 radical (unpaired) electrons. The zero-order chi connectivity index (χ0) is 22.1. The first-order valence-electron chi connectivity index (χ1n) is 9.97. The number of carbonyl (C=O) groups excluding carboxylic acids is 1. The lowest BCUT2D eigenvalue weighted by Gasteiger charge is -2.36. The fourth-order valence-electron chi connectivity index (χ4n) is 3.89. The molecule has 0 bridgehead atoms. The molecule has 31 heavy (non-hydrogen) atoms. The molecule has 2 atom stereocenters. The van der Waals surface area contributed by atoms with E-state index >= 15 is 0 Å². The quantitative estimate of drug-likeness (QED) is 0.691. The first kappa shape index (κ1) is 20.9. The van der Waals surface area contributed by atoms with Gasteiger partial charge < -0.3 is 9.64 Å². The molecule has 0 spiro atoms. The van der Waals surface area contributed by atoms with Crippen LogP contribution in [0.15, 0.2) is 47.3 Å². The van der Waals surface area contributed by atoms with Crippen molar-refractivity contribution >= 4 is 22.5 Å². The smallest absolute Gasteiger partial charge is 0.294 e. The Labute approximate surface area is 177 Å². The van der Waals surface area contributed by atoms with E-state index in [1.165, 1.54) is 0 Å². The number of nitrogens with zero attached hydrogens (tertiary/aromatic N) is 3. The number of nitrogens with one attached hydrogen (secondary N) is 1. The highest BCUT2D eigenvalue weighted by Gasteiger charge is 2.26. The van der Waals surface area contributed by atoms with Crippen LogP contribution in [0.5, 0.6) is 0 Å². The van der Waals surface area contributed by atoms with Crippen LogP contribution in [-0.4, -0.2) is 41.1 Å². The first-order valence-corrected chi connectivity index (χ1v) is 9.97. The summed E-state index contributed by atoms with van der Waals surface area (Å²) in [4.78, 5) is 28.3. The second kappa shape index (κ2) is 8.43. The molecule has 3 aromatic rings. The fraction of sp³-hybridized carbons (Fsp3) is 0.318. The van der Waals surface area contributed by atoms with Crippen LogP contribution in [0.2, 0.25) is 0 Å². The highest BCUT2D eigenvalue weighted by Crippen LogP contribution is 2.25. The monoisotopic (exact) mass is 428 g/mol. The lowest BCUT2D eigenvalue weighted by Crippen LogP contribution is -2.47. The Morgan fingerprint density at radius 2 is 1.71 bits per heavy atom. The largest absolute Gasteiger partial charge is 0.372 e. The molecule has 1 aliphatic heterocycles. The summed E-state index contributed by atoms with van der Waals surface area (Å²) in [5.74, 6) is -1.62. The summed E-state index contributed by atoms with van der Waals surface area (Å²) in [7, 11) is 0. The summed E-state index contributed by atoms with van der Waals surface area (Å²) < 4.78 is 32.6. The standard InChI is InChI=1S/C22H22F2N4O3/c1-13-11-27(12-14(2)31-13)21-18-5-3-4-6-19(18)22(30)28(26-21)25-20(29)9-15-7-16(23)10-17(24)8-15/h3-8,10,13-14H,9,11-12H2,1-2H3,(H,25,29)/t13-,14+. The SMILES string of the molecule is C[C@@H]1CN(c2nn(NC(=O)Cc3cc(F)cc(F)c3)c(=O)c3ccccc23)C[C@H](C)O1. The van der Waals surface area contributed by atoms with Crippen LogP contribution in [0.4, 0.5) is 14.6 Å². The van der Waals surface area contributed by atoms with Gasteiger partial charge in [0.25, 0.3) is 5.56 Å². The summed E-state index contributed by atoms with van der Waals surface area (Å²) in [6, 6.07) is 9.91. The maximum atomic E-state index is 13.4. The molecule has 1 aromatic heterocycles. The van der Waals surface area contributed by atoms with Gasteiger partial charge in [0.15, 0.2) is 5.82 Å². The van der Waals surface area contributed by atoms with Gasteiger partial charge in [0, 0.05) is 24.5 Å². The van der Waals surface area contributed by atoms with Crippen molar-refractivity contribution in [2.75, 3.05) is 23.4 Å². The van der Waals surface area contributed by atoms with E-state index in [0.29, 0.717) is 29.7 Å². The van der Waals surface area contributed by atoms with Gasteiger partial charge in [-0.3, -0.25) is 9.59 Å². The normalized spacial score (nSPS) is 18.9. The van der Waals surface area contributed by atoms with Crippen LogP contribution in [-0.2, 0) is 16.0 Å². The van der Waals surface area contributed by atoms with Gasteiger partial charge >= 0.3 is 0 Å². The van der Waals surface area contributed by atoms with Gasteiger partial charge in [-0.15, -0.1) is 9.89 Å². The fourth-order valence-corrected chi connectivity index (χ4v) is 3.89. The summed E-state index contributed by atoms with van der Waals surface area (Å²) in [5.41, 5.74) is 2.10. The zero-order valence-corrected chi connectivity index (χ0v) is 17.1. The number of carbonyl (C=O) groups is 1. The third kappa shape index (κ3) is 4.56. The number of benzene rings is 2. The lowest BCUT2D eigenvalue weighted by molar-refractivity contribution is -0.116. The number of hydrogen-bond donors (Lipinski definition) is 1. The van der Waals surface area contributed by atoms with E-state index in [-0.39, 0.29) is 24.2 Å². The maximum absolute atomic E-state index is 13.4. The predicted molar refractivity (Wildman–Crippen MR) is 113 cm³/mol. The van der Waals surface area contributed by atoms with Gasteiger partial charge in [0.2, 0.25) is 5.91 Å². The molecule has 7 nitrogen and oxygen atoms in total. The van der Waals surface area contributed by atoms with Gasteiger partial charge in [-0.25, -0.2) is 14.2 Å². The van der Waals surface area contributed by atoms with E-state index in [1.54, 1.807) is 12.1 Å². The Hall–Kier alpha value is -3.33. The molecule has 0 unspecified atom stereocenters. The molecule has 9 heteroatoms. The van der Waals surface area contributed by atoms with Crippen LogP contribution >= 0.6 is 0 Å². The Bertz CT molecular complexity index is 1170. The number of ether oxygens (including phenoxy) is 1. The molecule has 4 rings (SSSR count). The summed E-state index contributed by atoms with van der Waals surface area (Å²) >= 11 is 0. The van der Waals surface area contributed by atoms with Crippen LogP contribution in [0.1, 0.15) is 19.4 Å². The molecule has 1 aliphatic rings. The predicted octanol–water partition coefficient (Wildman–Crippen LogP) is 2.60. The van der Waals surface area contributed by atoms with Gasteiger partial charge in [0.1, 0.15) is 11.6 Å². The minimum Gasteiger partial charge on any atom is -0.372 e. The van der Waals surface area contributed by atoms with Crippen molar-refractivity contribution in [1.82, 2.24) is 9.89 Å². The van der Waals surface area contributed by atoms with Crippen molar-refractivity contribution in [2.24, 2.45) is 0 Å². The van der Waals surface area contributed by atoms with Gasteiger partial charge in [-0.1, -0.05) is 18.2 Å². The molecule has 1 saturated heterocycles. The van der Waals surface area contributed by atoms with E-state index in [1.807, 2.05) is 30.9 Å². The lowest BCUT2D eigenvalue weighted by atomic mass is 10.1. The second-order valence-corrected chi connectivity index (χ2v) is 7.74. The van der Waals surface area contributed by atoms with Crippen molar-refractivity contribution in [3.05, 3.63) is 70.0 Å². The van der Waals surface area contributed by atoms with Crippen LogP contribution in [0.3, 0.4) is 0 Å². The van der Waals surface area contributed by atoms with Crippen molar-refractivity contribution < 1.29 is 18.3 Å². The molecule has 162 valence electrons. The number of halogens is 2. The van der Waals surface area contributed by atoms with Gasteiger partial charge in [0.05, 0.1) is 24.0 Å². The van der Waals surface area contributed by atoms with E-state index in [0.717, 1.165) is 23.0 Å². The highest BCUT2D eigenvalue weighted by molar-refractivity contribution is 5.92. The number of rotatable bonds is 4. The molecule has 2 heterocycles. The molecule has 1 amide bonds. The van der Waals surface area contributed by atoms with Crippen LogP contribution in [0.25, 0.3) is 10.8 Å². The minimum absolute atomic E-state index is 0.0258. The summed E-state index contributed by atoms with van der Waals surface area (Å²) in [5, 5.41) is 5.48. The number of fused-ring (bicyclic) bond motifs is 1. The Balaban J connectivity index is 1.68. The zero-order valence-electron chi connectivity index (χ0n) is 17.1. The van der Waals surface area contributed by atoms with Gasteiger partial charge in [-0.05, 0) is 37.6 Å². The molecule has 0 saturated carbocycles. The number of morpholine rings is 1. The molecule has 1 fully saturated rings. The van der Waals surface area contributed by atoms with Crippen molar-refractivity contribution in [2.45, 2.75) is 32.5 Å². The number of hydrogen-bond acceptors (Lipinski definition) is 5. The molecule has 0 aliphatic carbocycles. The Morgan fingerprint density at radius 3 is 2.35 bits per heavy atom. The average molecular weight is 428 g/mol. The van der Waals surface area contributed by atoms with Crippen molar-refractivity contribution in [1.29, 1.82) is 0 Å². The second-order valence-electron chi connectivity index (χ2n) is 7.74. The third-order valence-electron chi connectivity index (χ3n) is 5.02. The van der Waals surface area contributed by atoms with E-state index in [2.05, 4.69) is 10.5 Å². The van der Waals surface area contributed by atoms with Crippen molar-refractivity contribution in [3.63, 3.8) is 0 Å². The van der Waals surface area contributed by atoms with Crippen molar-refractivity contribution in [3.8, 4) is 0 Å².